The van der Waals surface area contributed by atoms with Crippen molar-refractivity contribution in [3.05, 3.63) is 58.7 Å². The van der Waals surface area contributed by atoms with Gasteiger partial charge in [-0.15, -0.1) is 0 Å². The molecule has 2 aliphatic rings. The molecular formula is C27H34F3N3O. The molecular weight excluding hydrogens is 439 g/mol. The summed E-state index contributed by atoms with van der Waals surface area (Å²) in [5, 5.41) is 3.31. The number of aromatic nitrogens is 1. The van der Waals surface area contributed by atoms with Gasteiger partial charge in [-0.25, -0.2) is 8.78 Å². The molecule has 4 rings (SSSR count). The first-order chi connectivity index (χ1) is 16.5. The monoisotopic (exact) mass is 473 g/mol. The molecule has 1 aromatic heterocycles. The second-order valence-electron chi connectivity index (χ2n) is 9.21. The highest BCUT2D eigenvalue weighted by Gasteiger charge is 2.41. The number of pyridine rings is 1. The van der Waals surface area contributed by atoms with Crippen molar-refractivity contribution in [2.24, 2.45) is 0 Å². The third-order valence-corrected chi connectivity index (χ3v) is 6.93. The quantitative estimate of drug-likeness (QED) is 0.381. The Morgan fingerprint density at radius 3 is 2.68 bits per heavy atom. The normalized spacial score (nSPS) is 19.9. The number of fused-ring (bicyclic) bond motifs is 2. The number of alkyl halides is 3. The van der Waals surface area contributed by atoms with E-state index in [1.807, 2.05) is 36.1 Å². The summed E-state index contributed by atoms with van der Waals surface area (Å²) in [4.78, 5) is 6.58. The number of anilines is 1. The van der Waals surface area contributed by atoms with Gasteiger partial charge in [0.05, 0.1) is 26.4 Å². The lowest BCUT2D eigenvalue weighted by Crippen LogP contribution is -2.43. The molecule has 0 radical (unpaired) electrons. The van der Waals surface area contributed by atoms with Gasteiger partial charge in [0.2, 0.25) is 5.88 Å². The summed E-state index contributed by atoms with van der Waals surface area (Å²) >= 11 is 0. The molecule has 1 N–H and O–H groups in total. The maximum atomic E-state index is 13.7. The maximum absolute atomic E-state index is 13.7. The summed E-state index contributed by atoms with van der Waals surface area (Å²) in [6, 6.07) is 11.9. The largest absolute Gasteiger partial charge is 0.481 e. The summed E-state index contributed by atoms with van der Waals surface area (Å²) in [7, 11) is 1.58. The van der Waals surface area contributed by atoms with Crippen LogP contribution in [0.15, 0.2) is 42.0 Å². The number of hydrogen-bond donors (Lipinski definition) is 1. The standard InChI is InChI=1S/C27H34F3N3O/c1-18-15-22-20-10-6-5-9-19(20)16-23(22)26(33(18)17-24(29)30)21-11-12-25(32-27(21)34-2)31-14-8-4-3-7-13-28/h5-6,9-12,18,24,26H,3-4,7-8,13-17H2,1-2H3,(H,31,32)/t18-,26-/m1/s1. The van der Waals surface area contributed by atoms with Crippen molar-refractivity contribution in [3.63, 3.8) is 0 Å². The van der Waals surface area contributed by atoms with Gasteiger partial charge in [0, 0.05) is 18.2 Å². The molecule has 0 spiro atoms. The van der Waals surface area contributed by atoms with E-state index in [-0.39, 0.29) is 25.3 Å². The molecule has 0 bridgehead atoms. The van der Waals surface area contributed by atoms with Gasteiger partial charge in [-0.1, -0.05) is 37.1 Å². The lowest BCUT2D eigenvalue weighted by Gasteiger charge is -2.42. The summed E-state index contributed by atoms with van der Waals surface area (Å²) in [6.45, 7) is 2.21. The van der Waals surface area contributed by atoms with E-state index in [4.69, 9.17) is 4.74 Å². The second-order valence-corrected chi connectivity index (χ2v) is 9.21. The van der Waals surface area contributed by atoms with Gasteiger partial charge in [-0.3, -0.25) is 9.29 Å². The molecule has 0 amide bonds. The van der Waals surface area contributed by atoms with E-state index < -0.39 is 6.43 Å². The molecule has 2 heterocycles. The predicted molar refractivity (Wildman–Crippen MR) is 130 cm³/mol. The van der Waals surface area contributed by atoms with Gasteiger partial charge in [0.25, 0.3) is 6.43 Å². The topological polar surface area (TPSA) is 37.4 Å². The van der Waals surface area contributed by atoms with E-state index in [1.54, 1.807) is 7.11 Å². The molecule has 1 aliphatic heterocycles. The molecule has 0 saturated heterocycles. The van der Waals surface area contributed by atoms with Crippen molar-refractivity contribution in [3.8, 4) is 5.88 Å². The first kappa shape index (κ1) is 24.6. The summed E-state index contributed by atoms with van der Waals surface area (Å²) in [5.74, 6) is 1.16. The van der Waals surface area contributed by atoms with E-state index in [9.17, 15) is 13.2 Å². The summed E-state index contributed by atoms with van der Waals surface area (Å²) in [5.41, 5.74) is 5.76. The number of hydrogen-bond acceptors (Lipinski definition) is 4. The Hall–Kier alpha value is -2.54. The highest BCUT2D eigenvalue weighted by molar-refractivity contribution is 5.79. The van der Waals surface area contributed by atoms with Crippen molar-refractivity contribution >= 4 is 11.4 Å². The van der Waals surface area contributed by atoms with E-state index in [2.05, 4.69) is 22.4 Å². The average molecular weight is 474 g/mol. The number of benzene rings is 1. The van der Waals surface area contributed by atoms with Crippen LogP contribution in [0.25, 0.3) is 5.57 Å². The van der Waals surface area contributed by atoms with Crippen LogP contribution in [-0.2, 0) is 6.42 Å². The van der Waals surface area contributed by atoms with Gasteiger partial charge in [-0.2, -0.15) is 4.98 Å². The van der Waals surface area contributed by atoms with Crippen LogP contribution >= 0.6 is 0 Å². The van der Waals surface area contributed by atoms with Gasteiger partial charge < -0.3 is 10.1 Å². The number of nitrogens with one attached hydrogen (secondary N) is 1. The van der Waals surface area contributed by atoms with Crippen LogP contribution in [0.2, 0.25) is 0 Å². The SMILES string of the molecule is COc1nc(NCCCCCCF)ccc1[C@@H]1C2=C(C[C@@H](C)N1CC(F)F)c1ccccc1C2. The Morgan fingerprint density at radius 1 is 1.12 bits per heavy atom. The Labute approximate surface area is 200 Å². The van der Waals surface area contributed by atoms with Crippen LogP contribution in [-0.4, -0.2) is 49.2 Å². The van der Waals surface area contributed by atoms with Crippen LogP contribution in [0.5, 0.6) is 5.88 Å². The Bertz CT molecular complexity index is 1010. The predicted octanol–water partition coefficient (Wildman–Crippen LogP) is 6.44. The number of rotatable bonds is 11. The van der Waals surface area contributed by atoms with Crippen LogP contribution in [0.4, 0.5) is 19.0 Å². The molecule has 0 saturated carbocycles. The van der Waals surface area contributed by atoms with Crippen molar-refractivity contribution in [2.45, 2.75) is 64.0 Å². The Morgan fingerprint density at radius 2 is 1.91 bits per heavy atom. The molecule has 184 valence electrons. The van der Waals surface area contributed by atoms with Gasteiger partial charge in [-0.05, 0) is 67.0 Å². The fourth-order valence-corrected chi connectivity index (χ4v) is 5.35. The van der Waals surface area contributed by atoms with E-state index >= 15 is 0 Å². The first-order valence-electron chi connectivity index (χ1n) is 12.2. The highest BCUT2D eigenvalue weighted by atomic mass is 19.3. The summed E-state index contributed by atoms with van der Waals surface area (Å²) < 4.78 is 45.2. The van der Waals surface area contributed by atoms with Gasteiger partial charge in [0.1, 0.15) is 5.82 Å². The molecule has 4 nitrogen and oxygen atoms in total. The second kappa shape index (κ2) is 11.3. The van der Waals surface area contributed by atoms with Crippen molar-refractivity contribution < 1.29 is 17.9 Å². The van der Waals surface area contributed by atoms with E-state index in [1.165, 1.54) is 22.3 Å². The zero-order chi connectivity index (χ0) is 24.1. The van der Waals surface area contributed by atoms with Crippen molar-refractivity contribution in [1.29, 1.82) is 0 Å². The maximum Gasteiger partial charge on any atom is 0.251 e. The third kappa shape index (κ3) is 5.24. The van der Waals surface area contributed by atoms with E-state index in [0.29, 0.717) is 18.1 Å². The van der Waals surface area contributed by atoms with Crippen LogP contribution < -0.4 is 10.1 Å². The van der Waals surface area contributed by atoms with Crippen molar-refractivity contribution in [1.82, 2.24) is 9.88 Å². The molecule has 1 aliphatic carbocycles. The average Bonchev–Trinajstić information content (AvgIpc) is 3.19. The fourth-order valence-electron chi connectivity index (χ4n) is 5.35. The Kier molecular flexibility index (Phi) is 8.14. The minimum Gasteiger partial charge on any atom is -0.481 e. The molecule has 2 atom stereocenters. The number of methoxy groups -OCH3 is 1. The van der Waals surface area contributed by atoms with Crippen LogP contribution in [0.3, 0.4) is 0 Å². The molecule has 2 aromatic rings. The number of nitrogens with zero attached hydrogens (tertiary/aromatic N) is 2. The van der Waals surface area contributed by atoms with Crippen LogP contribution in [0, 0.1) is 0 Å². The smallest absolute Gasteiger partial charge is 0.251 e. The molecule has 34 heavy (non-hydrogen) atoms. The van der Waals surface area contributed by atoms with Gasteiger partial charge in [0.15, 0.2) is 0 Å². The molecule has 0 fully saturated rings. The van der Waals surface area contributed by atoms with Gasteiger partial charge >= 0.3 is 0 Å². The van der Waals surface area contributed by atoms with E-state index in [0.717, 1.165) is 44.2 Å². The molecule has 1 aromatic carbocycles. The molecule has 7 heteroatoms. The first-order valence-corrected chi connectivity index (χ1v) is 12.2. The third-order valence-electron chi connectivity index (χ3n) is 6.93. The minimum atomic E-state index is -2.42. The minimum absolute atomic E-state index is 0.0317. The number of ether oxygens (including phenoxy) is 1. The Balaban J connectivity index is 1.62. The number of halogens is 3. The fraction of sp³-hybridized carbons (Fsp3) is 0.519. The lowest BCUT2D eigenvalue weighted by atomic mass is 9.85. The summed E-state index contributed by atoms with van der Waals surface area (Å²) in [6.07, 6.45) is 2.48. The molecule has 0 unspecified atom stereocenters. The zero-order valence-electron chi connectivity index (χ0n) is 20.0. The zero-order valence-corrected chi connectivity index (χ0v) is 20.0. The highest BCUT2D eigenvalue weighted by Crippen LogP contribution is 2.50. The number of unbranched alkanes of at least 4 members (excludes halogenated alkanes) is 3. The lowest BCUT2D eigenvalue weighted by molar-refractivity contribution is 0.0474. The van der Waals surface area contributed by atoms with Crippen LogP contribution in [0.1, 0.15) is 61.8 Å². The van der Waals surface area contributed by atoms with Crippen molar-refractivity contribution in [2.75, 3.05) is 32.2 Å².